The third-order valence-electron chi connectivity index (χ3n) is 19.9. The summed E-state index contributed by atoms with van der Waals surface area (Å²) in [5.41, 5.74) is 33.5. The number of nitrogens with zero attached hydrogens (tertiary/aromatic N) is 1. The number of hydrogen-bond acceptors (Lipinski definition) is 0. The van der Waals surface area contributed by atoms with Crippen LogP contribution in [-0.4, -0.2) is 4.57 Å². The molecule has 1 aromatic heterocycles. The van der Waals surface area contributed by atoms with Crippen molar-refractivity contribution in [3.8, 4) is 72.4 Å². The zero-order valence-electron chi connectivity index (χ0n) is 44.7. The van der Waals surface area contributed by atoms with Gasteiger partial charge in [-0.15, -0.1) is 0 Å². The van der Waals surface area contributed by atoms with E-state index >= 15 is 0 Å². The van der Waals surface area contributed by atoms with E-state index in [2.05, 4.69) is 302 Å². The highest BCUT2D eigenvalue weighted by molar-refractivity contribution is 6.14. The highest BCUT2D eigenvalue weighted by Gasteiger charge is 2.54. The van der Waals surface area contributed by atoms with Gasteiger partial charge >= 0.3 is 0 Å². The second-order valence-corrected chi connectivity index (χ2v) is 23.2. The third-order valence-corrected chi connectivity index (χ3v) is 19.9. The van der Waals surface area contributed by atoms with Gasteiger partial charge in [0.15, 0.2) is 0 Å². The third kappa shape index (κ3) is 5.19. The fourth-order valence-electron chi connectivity index (χ4n) is 17.1. The summed E-state index contributed by atoms with van der Waals surface area (Å²) in [6.45, 7) is 0. The van der Waals surface area contributed by atoms with Crippen molar-refractivity contribution in [2.75, 3.05) is 0 Å². The summed E-state index contributed by atoms with van der Waals surface area (Å²) in [5, 5.41) is 2.53. The standard InChI is InChI=1S/C81H49N/c1-2-23-52(24-3-1)79(53-25-18-22-50(48-53)54-32-20-43-72-77(54)62-31-9-15-40-69(62)80(72)64-35-10-4-26-56(64)57-27-5-11-36-65(57)80)68-39-14-8-30-61(68)76-55(33-19-42-71(76)79)51-46-47-74-63(49-51)60-34-21-44-73-78(60)82(74)75-45-17-16-41-70(75)81(73)66-37-12-6-28-58(66)59-29-7-13-38-67(59)81/h1-49H. The van der Waals surface area contributed by atoms with Crippen LogP contribution in [0.5, 0.6) is 0 Å². The SMILES string of the molecule is c1ccc(C2(c3cccc(-c4cccc5c4-c4ccccc4C54c5ccccc5-c5ccccc54)c3)c3ccccc3-c3c(-c4ccc5c(c4)c4cccc6c4n5-c4ccccc4C64c5ccccc5-c5ccccc54)cccc32)cc1. The normalized spacial score (nSPS) is 16.0. The van der Waals surface area contributed by atoms with Gasteiger partial charge in [0.05, 0.1) is 33.0 Å². The molecule has 5 aliphatic rings. The predicted molar refractivity (Wildman–Crippen MR) is 336 cm³/mol. The molecule has 1 unspecified atom stereocenters. The van der Waals surface area contributed by atoms with Crippen LogP contribution in [0.2, 0.25) is 0 Å². The van der Waals surface area contributed by atoms with Crippen LogP contribution in [0.3, 0.4) is 0 Å². The Morgan fingerprint density at radius 1 is 0.220 bits per heavy atom. The first-order valence-electron chi connectivity index (χ1n) is 28.9. The second-order valence-electron chi connectivity index (χ2n) is 23.2. The largest absolute Gasteiger partial charge is 0.309 e. The van der Waals surface area contributed by atoms with Gasteiger partial charge in [0.1, 0.15) is 0 Å². The average Bonchev–Trinajstić information content (AvgIpc) is 1.69. The first-order valence-corrected chi connectivity index (χ1v) is 28.9. The Hall–Kier alpha value is -10.3. The molecule has 0 fully saturated rings. The number of aromatic nitrogens is 1. The number of benzene rings is 13. The summed E-state index contributed by atoms with van der Waals surface area (Å²) in [6.07, 6.45) is 0. The molecule has 1 atom stereocenters. The van der Waals surface area contributed by atoms with E-state index in [-0.39, 0.29) is 0 Å². The fourth-order valence-corrected chi connectivity index (χ4v) is 17.1. The molecule has 0 saturated carbocycles. The van der Waals surface area contributed by atoms with Gasteiger partial charge in [0.2, 0.25) is 0 Å². The van der Waals surface area contributed by atoms with Crippen LogP contribution >= 0.6 is 0 Å². The Morgan fingerprint density at radius 2 is 0.610 bits per heavy atom. The quantitative estimate of drug-likeness (QED) is 0.166. The minimum atomic E-state index is -0.626. The van der Waals surface area contributed by atoms with Gasteiger partial charge in [-0.3, -0.25) is 0 Å². The molecule has 0 saturated heterocycles. The van der Waals surface area contributed by atoms with Crippen molar-refractivity contribution >= 4 is 21.8 Å². The summed E-state index contributed by atoms with van der Waals surface area (Å²) in [7, 11) is 0. The van der Waals surface area contributed by atoms with Crippen LogP contribution < -0.4 is 0 Å². The van der Waals surface area contributed by atoms with Crippen molar-refractivity contribution in [2.45, 2.75) is 16.2 Å². The minimum Gasteiger partial charge on any atom is -0.309 e. The number of fused-ring (bicyclic) bond motifs is 25. The lowest BCUT2D eigenvalue weighted by Gasteiger charge is -2.39. The molecular formula is C81H49N. The zero-order chi connectivity index (χ0) is 53.5. The Labute approximate surface area is 476 Å². The van der Waals surface area contributed by atoms with E-state index in [1.165, 1.54) is 161 Å². The van der Waals surface area contributed by atoms with Crippen molar-refractivity contribution in [3.05, 3.63) is 364 Å². The summed E-state index contributed by atoms with van der Waals surface area (Å²) in [5.74, 6) is 0. The maximum absolute atomic E-state index is 2.57. The molecule has 2 heterocycles. The second kappa shape index (κ2) is 15.9. The molecule has 0 N–H and O–H groups in total. The molecule has 14 aromatic rings. The van der Waals surface area contributed by atoms with E-state index in [4.69, 9.17) is 0 Å². The zero-order valence-corrected chi connectivity index (χ0v) is 44.7. The van der Waals surface area contributed by atoms with Crippen LogP contribution in [0.15, 0.2) is 297 Å². The van der Waals surface area contributed by atoms with Gasteiger partial charge in [0, 0.05) is 10.8 Å². The van der Waals surface area contributed by atoms with Gasteiger partial charge in [0.25, 0.3) is 0 Å². The number of rotatable bonds is 4. The molecule has 13 aromatic carbocycles. The molecule has 4 aliphatic carbocycles. The lowest BCUT2D eigenvalue weighted by Crippen LogP contribution is -2.33. The molecule has 0 radical (unpaired) electrons. The molecule has 2 spiro atoms. The Kier molecular flexibility index (Phi) is 8.65. The van der Waals surface area contributed by atoms with Crippen molar-refractivity contribution in [1.82, 2.24) is 4.57 Å². The Bertz CT molecular complexity index is 5030. The van der Waals surface area contributed by atoms with Gasteiger partial charge in [-0.05, 0) is 158 Å². The molecule has 378 valence electrons. The van der Waals surface area contributed by atoms with E-state index in [1.807, 2.05) is 0 Å². The predicted octanol–water partition coefficient (Wildman–Crippen LogP) is 19.5. The van der Waals surface area contributed by atoms with Gasteiger partial charge in [-0.2, -0.15) is 0 Å². The summed E-state index contributed by atoms with van der Waals surface area (Å²) in [4.78, 5) is 0. The fraction of sp³-hybridized carbons (Fsp3) is 0.0370. The highest BCUT2D eigenvalue weighted by Crippen LogP contribution is 2.66. The van der Waals surface area contributed by atoms with Gasteiger partial charge < -0.3 is 4.57 Å². The van der Waals surface area contributed by atoms with Crippen LogP contribution in [0.1, 0.15) is 66.8 Å². The minimum absolute atomic E-state index is 0.421. The Balaban J connectivity index is 0.826. The lowest BCUT2D eigenvalue weighted by molar-refractivity contribution is 0.748. The first-order chi connectivity index (χ1) is 40.7. The van der Waals surface area contributed by atoms with Gasteiger partial charge in [-0.25, -0.2) is 0 Å². The van der Waals surface area contributed by atoms with Crippen molar-refractivity contribution in [1.29, 1.82) is 0 Å². The van der Waals surface area contributed by atoms with Gasteiger partial charge in [-0.1, -0.05) is 273 Å². The van der Waals surface area contributed by atoms with E-state index in [0.29, 0.717) is 0 Å². The van der Waals surface area contributed by atoms with E-state index < -0.39 is 16.2 Å². The topological polar surface area (TPSA) is 4.93 Å². The smallest absolute Gasteiger partial charge is 0.0754 e. The molecule has 1 nitrogen and oxygen atoms in total. The maximum Gasteiger partial charge on any atom is 0.0754 e. The van der Waals surface area contributed by atoms with Crippen molar-refractivity contribution in [3.63, 3.8) is 0 Å². The molecule has 0 amide bonds. The van der Waals surface area contributed by atoms with Crippen LogP contribution in [0.25, 0.3) is 94.3 Å². The van der Waals surface area contributed by atoms with Crippen LogP contribution in [0.4, 0.5) is 0 Å². The van der Waals surface area contributed by atoms with E-state index in [9.17, 15) is 0 Å². The molecule has 19 rings (SSSR count). The molecule has 0 bridgehead atoms. The summed E-state index contributed by atoms with van der Waals surface area (Å²) >= 11 is 0. The highest BCUT2D eigenvalue weighted by atomic mass is 15.0. The Morgan fingerprint density at radius 3 is 1.20 bits per heavy atom. The summed E-state index contributed by atoms with van der Waals surface area (Å²) < 4.78 is 2.57. The monoisotopic (exact) mass is 1040 g/mol. The molecule has 1 aliphatic heterocycles. The van der Waals surface area contributed by atoms with Crippen LogP contribution in [-0.2, 0) is 16.2 Å². The number of para-hydroxylation sites is 2. The maximum atomic E-state index is 2.57. The average molecular weight is 1040 g/mol. The van der Waals surface area contributed by atoms with Crippen LogP contribution in [0, 0.1) is 0 Å². The summed E-state index contributed by atoms with van der Waals surface area (Å²) in [6, 6.07) is 113. The molecule has 82 heavy (non-hydrogen) atoms. The molecule has 1 heteroatoms. The van der Waals surface area contributed by atoms with Crippen molar-refractivity contribution in [2.24, 2.45) is 0 Å². The lowest BCUT2D eigenvalue weighted by atomic mass is 9.65. The van der Waals surface area contributed by atoms with E-state index in [0.717, 1.165) is 0 Å². The number of hydrogen-bond donors (Lipinski definition) is 0. The van der Waals surface area contributed by atoms with E-state index in [1.54, 1.807) is 0 Å². The molecular weight excluding hydrogens is 987 g/mol. The van der Waals surface area contributed by atoms with Crippen molar-refractivity contribution < 1.29 is 0 Å². The first kappa shape index (κ1) is 44.5.